The lowest BCUT2D eigenvalue weighted by molar-refractivity contribution is 0.254. The van der Waals surface area contributed by atoms with Crippen molar-refractivity contribution >= 4 is 0 Å². The van der Waals surface area contributed by atoms with E-state index in [4.69, 9.17) is 0 Å². The van der Waals surface area contributed by atoms with Crippen molar-refractivity contribution in [1.29, 1.82) is 0 Å². The van der Waals surface area contributed by atoms with Crippen LogP contribution in [-0.2, 0) is 0 Å². The van der Waals surface area contributed by atoms with Gasteiger partial charge in [-0.25, -0.2) is 0 Å². The average Bonchev–Trinajstić information content (AvgIpc) is 1.65. The minimum Gasteiger partial charge on any atom is -0.0620 e. The van der Waals surface area contributed by atoms with Crippen molar-refractivity contribution in [2.24, 2.45) is 11.3 Å². The van der Waals surface area contributed by atoms with Crippen LogP contribution >= 0.6 is 0 Å². The molecule has 0 N–H and O–H groups in total. The summed E-state index contributed by atoms with van der Waals surface area (Å²) >= 11 is 0. The van der Waals surface area contributed by atoms with E-state index >= 15 is 0 Å². The number of hydrogen-bond donors (Lipinski definition) is 0. The van der Waals surface area contributed by atoms with Crippen molar-refractivity contribution < 1.29 is 0 Å². The molecule has 0 aromatic carbocycles. The normalized spacial score (nSPS) is 12.7. The van der Waals surface area contributed by atoms with Crippen LogP contribution in [0, 0.1) is 25.2 Å². The molecule has 0 spiro atoms. The van der Waals surface area contributed by atoms with Gasteiger partial charge < -0.3 is 0 Å². The maximum atomic E-state index is 4.00. The highest BCUT2D eigenvalue weighted by Gasteiger charge is 2.20. The van der Waals surface area contributed by atoms with Crippen LogP contribution in [0.25, 0.3) is 0 Å². The molecule has 0 aliphatic heterocycles. The minimum atomic E-state index is 0.377. The molecule has 0 bridgehead atoms. The largest absolute Gasteiger partial charge is 0.0620 e. The predicted octanol–water partition coefficient (Wildman–Crippen LogP) is 3.10. The summed E-state index contributed by atoms with van der Waals surface area (Å²) in [5.41, 5.74) is 0.377. The summed E-state index contributed by atoms with van der Waals surface area (Å²) in [6, 6.07) is 0. The third kappa shape index (κ3) is 2.88. The SMILES string of the molecule is [CH2]CCC(C)(C)C([CH2])C. The van der Waals surface area contributed by atoms with Crippen molar-refractivity contribution in [3.8, 4) is 0 Å². The minimum absolute atomic E-state index is 0.377. The summed E-state index contributed by atoms with van der Waals surface area (Å²) in [6.45, 7) is 14.5. The van der Waals surface area contributed by atoms with Crippen molar-refractivity contribution in [3.63, 3.8) is 0 Å². The molecule has 9 heavy (non-hydrogen) atoms. The molecule has 1 atom stereocenters. The second-order valence-electron chi connectivity index (χ2n) is 3.49. The Morgan fingerprint density at radius 2 is 1.89 bits per heavy atom. The zero-order chi connectivity index (χ0) is 7.49. The molecule has 0 amide bonds. The van der Waals surface area contributed by atoms with Gasteiger partial charge >= 0.3 is 0 Å². The van der Waals surface area contributed by atoms with Crippen molar-refractivity contribution in [1.82, 2.24) is 0 Å². The van der Waals surface area contributed by atoms with Crippen LogP contribution in [0.5, 0.6) is 0 Å². The molecule has 0 saturated heterocycles. The highest BCUT2D eigenvalue weighted by atomic mass is 14.3. The van der Waals surface area contributed by atoms with Gasteiger partial charge in [-0.05, 0) is 24.7 Å². The molecule has 0 saturated carbocycles. The third-order valence-electron chi connectivity index (χ3n) is 2.16. The fourth-order valence-corrected chi connectivity index (χ4v) is 0.702. The third-order valence-corrected chi connectivity index (χ3v) is 2.16. The van der Waals surface area contributed by atoms with Gasteiger partial charge in [0, 0.05) is 0 Å². The smallest absolute Gasteiger partial charge is 0.0329 e. The van der Waals surface area contributed by atoms with Gasteiger partial charge in [0.15, 0.2) is 0 Å². The Morgan fingerprint density at radius 3 is 2.00 bits per heavy atom. The maximum Gasteiger partial charge on any atom is -0.0329 e. The Kier molecular flexibility index (Phi) is 3.24. The Hall–Kier alpha value is 0. The molecule has 0 heterocycles. The fourth-order valence-electron chi connectivity index (χ4n) is 0.702. The maximum absolute atomic E-state index is 4.00. The standard InChI is InChI=1S/C9H18/c1-6-7-9(4,5)8(2)3/h8H,1-2,6-7H2,3-5H3. The Bertz CT molecular complexity index is 70.1. The topological polar surface area (TPSA) is 0 Å². The van der Waals surface area contributed by atoms with Gasteiger partial charge in [0.05, 0.1) is 0 Å². The molecular formula is C9H18. The lowest BCUT2D eigenvalue weighted by Gasteiger charge is -2.28. The molecular weight excluding hydrogens is 108 g/mol. The summed E-state index contributed by atoms with van der Waals surface area (Å²) < 4.78 is 0. The van der Waals surface area contributed by atoms with E-state index in [1.807, 2.05) is 0 Å². The summed E-state index contributed by atoms with van der Waals surface area (Å²) in [4.78, 5) is 0. The lowest BCUT2D eigenvalue weighted by atomic mass is 9.78. The van der Waals surface area contributed by atoms with Gasteiger partial charge in [0.2, 0.25) is 0 Å². The first kappa shape index (κ1) is 9.00. The zero-order valence-electron chi connectivity index (χ0n) is 6.91. The summed E-state index contributed by atoms with van der Waals surface area (Å²) in [6.07, 6.45) is 2.20. The summed E-state index contributed by atoms with van der Waals surface area (Å²) in [5.74, 6) is 0.527. The number of rotatable bonds is 3. The van der Waals surface area contributed by atoms with E-state index < -0.39 is 0 Å². The van der Waals surface area contributed by atoms with Gasteiger partial charge in [-0.3, -0.25) is 0 Å². The second-order valence-corrected chi connectivity index (χ2v) is 3.49. The van der Waals surface area contributed by atoms with E-state index in [0.717, 1.165) is 6.42 Å². The highest BCUT2D eigenvalue weighted by molar-refractivity contribution is 4.76. The van der Waals surface area contributed by atoms with E-state index in [2.05, 4.69) is 34.6 Å². The van der Waals surface area contributed by atoms with Crippen LogP contribution in [0.3, 0.4) is 0 Å². The van der Waals surface area contributed by atoms with Gasteiger partial charge in [-0.15, -0.1) is 0 Å². The Labute approximate surface area is 59.7 Å². The van der Waals surface area contributed by atoms with E-state index in [1.165, 1.54) is 6.42 Å². The van der Waals surface area contributed by atoms with Crippen molar-refractivity contribution in [2.45, 2.75) is 33.6 Å². The first-order valence-corrected chi connectivity index (χ1v) is 3.63. The molecule has 0 aromatic rings. The van der Waals surface area contributed by atoms with Crippen LogP contribution in [0.15, 0.2) is 0 Å². The van der Waals surface area contributed by atoms with Gasteiger partial charge in [-0.1, -0.05) is 34.1 Å². The molecule has 0 fully saturated rings. The molecule has 1 unspecified atom stereocenters. The zero-order valence-corrected chi connectivity index (χ0v) is 6.91. The Balaban J connectivity index is 3.70. The lowest BCUT2D eigenvalue weighted by Crippen LogP contribution is -2.18. The van der Waals surface area contributed by atoms with Crippen LogP contribution in [0.2, 0.25) is 0 Å². The fraction of sp³-hybridized carbons (Fsp3) is 0.778. The monoisotopic (exact) mass is 126 g/mol. The van der Waals surface area contributed by atoms with Crippen LogP contribution < -0.4 is 0 Å². The first-order valence-electron chi connectivity index (χ1n) is 3.63. The second kappa shape index (κ2) is 3.24. The van der Waals surface area contributed by atoms with Crippen LogP contribution in [-0.4, -0.2) is 0 Å². The Morgan fingerprint density at radius 1 is 1.44 bits per heavy atom. The summed E-state index contributed by atoms with van der Waals surface area (Å²) in [5, 5.41) is 0. The molecule has 54 valence electrons. The van der Waals surface area contributed by atoms with Crippen molar-refractivity contribution in [2.75, 3.05) is 0 Å². The van der Waals surface area contributed by atoms with E-state index in [-0.39, 0.29) is 0 Å². The molecule has 0 aromatic heterocycles. The highest BCUT2D eigenvalue weighted by Crippen LogP contribution is 2.30. The van der Waals surface area contributed by atoms with E-state index in [0.29, 0.717) is 11.3 Å². The van der Waals surface area contributed by atoms with Gasteiger partial charge in [-0.2, -0.15) is 0 Å². The molecule has 0 aliphatic carbocycles. The molecule has 0 rings (SSSR count). The van der Waals surface area contributed by atoms with E-state index in [1.54, 1.807) is 0 Å². The van der Waals surface area contributed by atoms with E-state index in [9.17, 15) is 0 Å². The summed E-state index contributed by atoms with van der Waals surface area (Å²) in [7, 11) is 0. The molecule has 0 nitrogen and oxygen atoms in total. The molecule has 0 heteroatoms. The molecule has 2 radical (unpaired) electrons. The number of hydrogen-bond acceptors (Lipinski definition) is 0. The van der Waals surface area contributed by atoms with Crippen molar-refractivity contribution in [3.05, 3.63) is 13.8 Å². The van der Waals surface area contributed by atoms with Crippen LogP contribution in [0.4, 0.5) is 0 Å². The first-order chi connectivity index (χ1) is 4.00. The average molecular weight is 126 g/mol. The van der Waals surface area contributed by atoms with Crippen LogP contribution in [0.1, 0.15) is 33.6 Å². The quantitative estimate of drug-likeness (QED) is 0.545. The molecule has 0 aliphatic rings. The van der Waals surface area contributed by atoms with Gasteiger partial charge in [0.1, 0.15) is 0 Å². The predicted molar refractivity (Wildman–Crippen MR) is 42.9 cm³/mol. The van der Waals surface area contributed by atoms with Gasteiger partial charge in [0.25, 0.3) is 0 Å².